The van der Waals surface area contributed by atoms with Gasteiger partial charge in [0.2, 0.25) is 0 Å². The van der Waals surface area contributed by atoms with Gasteiger partial charge in [0.15, 0.2) is 14.9 Å². The lowest BCUT2D eigenvalue weighted by Gasteiger charge is -2.35. The molecule has 0 N–H and O–H groups in total. The maximum absolute atomic E-state index is 12.6. The van der Waals surface area contributed by atoms with E-state index < -0.39 is 14.6 Å². The van der Waals surface area contributed by atoms with E-state index >= 15 is 0 Å². The van der Waals surface area contributed by atoms with Crippen LogP contribution in [-0.4, -0.2) is 38.3 Å². The molecular weight excluding hydrogens is 372 g/mol. The fraction of sp³-hybridized carbons (Fsp3) is 0.500. The molecule has 2 unspecified atom stereocenters. The van der Waals surface area contributed by atoms with Gasteiger partial charge in [0.1, 0.15) is 0 Å². The van der Waals surface area contributed by atoms with Crippen molar-refractivity contribution < 1.29 is 13.2 Å². The van der Waals surface area contributed by atoms with Crippen LogP contribution < -0.4 is 4.90 Å². The van der Waals surface area contributed by atoms with Crippen molar-refractivity contribution in [3.8, 4) is 0 Å². The summed E-state index contributed by atoms with van der Waals surface area (Å²) in [6.45, 7) is 6.69. The molecule has 1 aromatic carbocycles. The number of ether oxygens (including phenoxy) is 1. The van der Waals surface area contributed by atoms with Gasteiger partial charge in [-0.15, -0.1) is 0 Å². The molecular formula is C22H30N2O3S. The van der Waals surface area contributed by atoms with Gasteiger partial charge in [-0.3, -0.25) is 0 Å². The summed E-state index contributed by atoms with van der Waals surface area (Å²) in [5.41, 5.74) is 2.12. The van der Waals surface area contributed by atoms with Crippen LogP contribution in [0.5, 0.6) is 0 Å². The summed E-state index contributed by atoms with van der Waals surface area (Å²) in [6.07, 6.45) is 3.90. The Morgan fingerprint density at radius 1 is 1.14 bits per heavy atom. The molecule has 2 atom stereocenters. The molecule has 0 radical (unpaired) electrons. The second-order valence-corrected chi connectivity index (χ2v) is 11.1. The van der Waals surface area contributed by atoms with Crippen molar-refractivity contribution in [3.63, 3.8) is 0 Å². The Hall–Kier alpha value is -1.92. The van der Waals surface area contributed by atoms with Gasteiger partial charge in [0, 0.05) is 26.1 Å². The minimum absolute atomic E-state index is 0.0888. The predicted octanol–water partition coefficient (Wildman–Crippen LogP) is 4.26. The fourth-order valence-corrected chi connectivity index (χ4v) is 4.64. The quantitative estimate of drug-likeness (QED) is 0.748. The van der Waals surface area contributed by atoms with Gasteiger partial charge in [-0.05, 0) is 51.3 Å². The Kier molecular flexibility index (Phi) is 6.10. The van der Waals surface area contributed by atoms with Crippen molar-refractivity contribution in [2.45, 2.75) is 49.5 Å². The topological polar surface area (TPSA) is 59.5 Å². The highest BCUT2D eigenvalue weighted by Crippen LogP contribution is 2.34. The SMILES string of the molecule is CN(CC1CCCOC1c1ccccc1)c1ccc(S(=O)(=O)C(C)(C)C)nc1. The lowest BCUT2D eigenvalue weighted by atomic mass is 9.89. The van der Waals surface area contributed by atoms with E-state index in [1.807, 2.05) is 31.3 Å². The highest BCUT2D eigenvalue weighted by atomic mass is 32.2. The van der Waals surface area contributed by atoms with Crippen molar-refractivity contribution in [3.05, 3.63) is 54.2 Å². The summed E-state index contributed by atoms with van der Waals surface area (Å²) >= 11 is 0. The van der Waals surface area contributed by atoms with E-state index in [-0.39, 0.29) is 11.1 Å². The van der Waals surface area contributed by atoms with E-state index in [4.69, 9.17) is 4.74 Å². The molecule has 0 amide bonds. The van der Waals surface area contributed by atoms with Crippen molar-refractivity contribution in [2.24, 2.45) is 5.92 Å². The van der Waals surface area contributed by atoms with Crippen LogP contribution in [0, 0.1) is 5.92 Å². The van der Waals surface area contributed by atoms with Gasteiger partial charge in [-0.25, -0.2) is 13.4 Å². The first-order valence-electron chi connectivity index (χ1n) is 9.78. The average Bonchev–Trinajstić information content (AvgIpc) is 2.68. The molecule has 6 heteroatoms. The number of anilines is 1. The van der Waals surface area contributed by atoms with Crippen LogP contribution in [0.3, 0.4) is 0 Å². The molecule has 1 saturated heterocycles. The molecule has 28 heavy (non-hydrogen) atoms. The number of hydrogen-bond acceptors (Lipinski definition) is 5. The van der Waals surface area contributed by atoms with Crippen LogP contribution in [0.4, 0.5) is 5.69 Å². The Bertz CT molecular complexity index is 874. The van der Waals surface area contributed by atoms with Crippen LogP contribution in [0.15, 0.2) is 53.7 Å². The molecule has 0 spiro atoms. The molecule has 2 aromatic rings. The fourth-order valence-electron chi connectivity index (χ4n) is 3.57. The zero-order valence-corrected chi connectivity index (χ0v) is 17.9. The minimum Gasteiger partial charge on any atom is -0.373 e. The van der Waals surface area contributed by atoms with Gasteiger partial charge >= 0.3 is 0 Å². The average molecular weight is 403 g/mol. The van der Waals surface area contributed by atoms with E-state index in [9.17, 15) is 8.42 Å². The number of benzene rings is 1. The Morgan fingerprint density at radius 2 is 1.86 bits per heavy atom. The summed E-state index contributed by atoms with van der Waals surface area (Å²) in [5.74, 6) is 0.374. The molecule has 0 bridgehead atoms. The highest BCUT2D eigenvalue weighted by Gasteiger charge is 2.32. The summed E-state index contributed by atoms with van der Waals surface area (Å²) in [5, 5.41) is 0.125. The second kappa shape index (κ2) is 8.21. The summed E-state index contributed by atoms with van der Waals surface area (Å²) < 4.78 is 30.3. The van der Waals surface area contributed by atoms with Crippen LogP contribution in [0.1, 0.15) is 45.3 Å². The Labute approximate surface area is 168 Å². The standard InChI is InChI=1S/C22H30N2O3S/c1-22(2,3)28(25,26)20-13-12-19(15-23-20)24(4)16-18-11-8-14-27-21(18)17-9-6-5-7-10-17/h5-7,9-10,12-13,15,18,21H,8,11,14,16H2,1-4H3. The van der Waals surface area contributed by atoms with E-state index in [1.165, 1.54) is 5.56 Å². The second-order valence-electron chi connectivity index (χ2n) is 8.46. The smallest absolute Gasteiger partial charge is 0.200 e. The first kappa shape index (κ1) is 20.8. The number of pyridine rings is 1. The lowest BCUT2D eigenvalue weighted by Crippen LogP contribution is -2.33. The van der Waals surface area contributed by atoms with Gasteiger partial charge in [0.05, 0.1) is 22.7 Å². The third-order valence-corrected chi connectivity index (χ3v) is 7.73. The number of aromatic nitrogens is 1. The van der Waals surface area contributed by atoms with Crippen LogP contribution >= 0.6 is 0 Å². The zero-order chi connectivity index (χ0) is 20.4. The van der Waals surface area contributed by atoms with Crippen LogP contribution in [-0.2, 0) is 14.6 Å². The van der Waals surface area contributed by atoms with Crippen molar-refractivity contribution in [1.82, 2.24) is 4.98 Å². The first-order valence-corrected chi connectivity index (χ1v) is 11.3. The normalized spacial score (nSPS) is 20.7. The number of hydrogen-bond donors (Lipinski definition) is 0. The van der Waals surface area contributed by atoms with Gasteiger partial charge in [0.25, 0.3) is 0 Å². The third kappa shape index (κ3) is 4.39. The van der Waals surface area contributed by atoms with Crippen LogP contribution in [0.25, 0.3) is 0 Å². The van der Waals surface area contributed by atoms with Gasteiger partial charge < -0.3 is 9.64 Å². The first-order chi connectivity index (χ1) is 13.2. The molecule has 152 valence electrons. The molecule has 3 rings (SSSR count). The third-order valence-electron chi connectivity index (χ3n) is 5.32. The Morgan fingerprint density at radius 3 is 2.46 bits per heavy atom. The number of nitrogens with zero attached hydrogens (tertiary/aromatic N) is 2. The van der Waals surface area contributed by atoms with E-state index in [0.717, 1.165) is 31.7 Å². The summed E-state index contributed by atoms with van der Waals surface area (Å²) in [7, 11) is -1.42. The molecule has 1 aliphatic heterocycles. The minimum atomic E-state index is -3.44. The molecule has 5 nitrogen and oxygen atoms in total. The van der Waals surface area contributed by atoms with Crippen molar-refractivity contribution >= 4 is 15.5 Å². The largest absolute Gasteiger partial charge is 0.373 e. The number of sulfone groups is 1. The van der Waals surface area contributed by atoms with Crippen molar-refractivity contribution in [1.29, 1.82) is 0 Å². The van der Waals surface area contributed by atoms with E-state index in [1.54, 1.807) is 33.0 Å². The zero-order valence-electron chi connectivity index (χ0n) is 17.1. The molecule has 1 fully saturated rings. The Balaban J connectivity index is 1.74. The number of rotatable bonds is 5. The molecule has 2 heterocycles. The molecule has 1 aliphatic rings. The van der Waals surface area contributed by atoms with E-state index in [2.05, 4.69) is 22.0 Å². The van der Waals surface area contributed by atoms with E-state index in [0.29, 0.717) is 5.92 Å². The molecule has 0 aliphatic carbocycles. The molecule has 0 saturated carbocycles. The monoisotopic (exact) mass is 402 g/mol. The molecule has 1 aromatic heterocycles. The lowest BCUT2D eigenvalue weighted by molar-refractivity contribution is -0.0254. The maximum Gasteiger partial charge on any atom is 0.200 e. The maximum atomic E-state index is 12.6. The van der Waals surface area contributed by atoms with Gasteiger partial charge in [-0.2, -0.15) is 0 Å². The van der Waals surface area contributed by atoms with Gasteiger partial charge in [-0.1, -0.05) is 30.3 Å². The van der Waals surface area contributed by atoms with Crippen molar-refractivity contribution in [2.75, 3.05) is 25.1 Å². The highest BCUT2D eigenvalue weighted by molar-refractivity contribution is 7.92. The summed E-state index contributed by atoms with van der Waals surface area (Å²) in [4.78, 5) is 6.38. The summed E-state index contributed by atoms with van der Waals surface area (Å²) in [6, 6.07) is 13.8. The predicted molar refractivity (Wildman–Crippen MR) is 112 cm³/mol. The van der Waals surface area contributed by atoms with Crippen LogP contribution in [0.2, 0.25) is 0 Å².